The lowest BCUT2D eigenvalue weighted by Gasteiger charge is -2.34. The summed E-state index contributed by atoms with van der Waals surface area (Å²) in [5, 5.41) is 8.78. The van der Waals surface area contributed by atoms with Crippen molar-refractivity contribution < 1.29 is 18.3 Å². The van der Waals surface area contributed by atoms with Crippen LogP contribution in [0.15, 0.2) is 0 Å². The number of sulfone groups is 1. The van der Waals surface area contributed by atoms with E-state index in [4.69, 9.17) is 5.11 Å². The molecule has 1 fully saturated rings. The van der Waals surface area contributed by atoms with Gasteiger partial charge in [0, 0.05) is 25.6 Å². The molecule has 0 aromatic carbocycles. The summed E-state index contributed by atoms with van der Waals surface area (Å²) >= 11 is 0. The first kappa shape index (κ1) is 14.0. The Bertz CT molecular complexity index is 432. The summed E-state index contributed by atoms with van der Waals surface area (Å²) in [6, 6.07) is -0.412. The van der Waals surface area contributed by atoms with Gasteiger partial charge in [-0.05, 0) is 6.92 Å². The second-order valence-corrected chi connectivity index (χ2v) is 6.31. The third-order valence-electron chi connectivity index (χ3n) is 2.76. The van der Waals surface area contributed by atoms with E-state index in [1.807, 2.05) is 4.90 Å². The molecule has 1 atom stereocenters. The van der Waals surface area contributed by atoms with Crippen LogP contribution >= 0.6 is 0 Å². The average Bonchev–Trinajstić information content (AvgIpc) is 2.20. The van der Waals surface area contributed by atoms with Crippen LogP contribution in [0, 0.1) is 11.8 Å². The van der Waals surface area contributed by atoms with Crippen LogP contribution in [-0.2, 0) is 14.6 Å². The maximum absolute atomic E-state index is 11.5. The smallest absolute Gasteiger partial charge is 0.304 e. The van der Waals surface area contributed by atoms with Crippen molar-refractivity contribution in [3.05, 3.63) is 0 Å². The van der Waals surface area contributed by atoms with Crippen molar-refractivity contribution in [1.82, 2.24) is 4.90 Å². The fraction of sp³-hybridized carbons (Fsp3) is 0.727. The van der Waals surface area contributed by atoms with Crippen molar-refractivity contribution in [3.8, 4) is 11.8 Å². The van der Waals surface area contributed by atoms with Crippen LogP contribution in [0.4, 0.5) is 0 Å². The maximum Gasteiger partial charge on any atom is 0.304 e. The molecule has 1 heterocycles. The van der Waals surface area contributed by atoms with Crippen LogP contribution in [0.1, 0.15) is 19.8 Å². The van der Waals surface area contributed by atoms with Gasteiger partial charge in [-0.15, -0.1) is 11.8 Å². The highest BCUT2D eigenvalue weighted by atomic mass is 32.2. The summed E-state index contributed by atoms with van der Waals surface area (Å²) in [5.74, 6) is 4.77. The Morgan fingerprint density at radius 3 is 2.82 bits per heavy atom. The van der Waals surface area contributed by atoms with Crippen molar-refractivity contribution in [1.29, 1.82) is 0 Å². The Morgan fingerprint density at radius 1 is 1.53 bits per heavy atom. The van der Waals surface area contributed by atoms with Crippen molar-refractivity contribution in [3.63, 3.8) is 0 Å². The summed E-state index contributed by atoms with van der Waals surface area (Å²) in [6.45, 7) is 2.79. The molecular formula is C11H17NO4S. The van der Waals surface area contributed by atoms with E-state index in [1.165, 1.54) is 0 Å². The number of hydrogen-bond acceptors (Lipinski definition) is 4. The second-order valence-electron chi connectivity index (χ2n) is 4.08. The fourth-order valence-electron chi connectivity index (χ4n) is 1.93. The molecule has 17 heavy (non-hydrogen) atoms. The van der Waals surface area contributed by atoms with Crippen molar-refractivity contribution in [2.24, 2.45) is 0 Å². The minimum Gasteiger partial charge on any atom is -0.481 e. The minimum atomic E-state index is -3.08. The summed E-state index contributed by atoms with van der Waals surface area (Å²) < 4.78 is 22.9. The fourth-order valence-corrected chi connectivity index (χ4v) is 3.52. The summed E-state index contributed by atoms with van der Waals surface area (Å²) in [5.41, 5.74) is 0. The van der Waals surface area contributed by atoms with E-state index in [0.29, 0.717) is 19.5 Å². The average molecular weight is 259 g/mol. The minimum absolute atomic E-state index is 0.0567. The van der Waals surface area contributed by atoms with Gasteiger partial charge in [-0.3, -0.25) is 9.69 Å². The first-order valence-corrected chi connectivity index (χ1v) is 7.32. The molecule has 1 unspecified atom stereocenters. The zero-order chi connectivity index (χ0) is 12.9. The molecule has 0 aromatic heterocycles. The van der Waals surface area contributed by atoms with Gasteiger partial charge in [-0.2, -0.15) is 0 Å². The van der Waals surface area contributed by atoms with E-state index in [9.17, 15) is 13.2 Å². The van der Waals surface area contributed by atoms with Gasteiger partial charge in [0.25, 0.3) is 0 Å². The van der Waals surface area contributed by atoms with E-state index >= 15 is 0 Å². The SMILES string of the molecule is CC#CCCN1CCS(=O)(=O)CC1CC(=O)O. The number of carbonyl (C=O) groups is 1. The van der Waals surface area contributed by atoms with Crippen LogP contribution in [0.3, 0.4) is 0 Å². The lowest BCUT2D eigenvalue weighted by atomic mass is 10.2. The van der Waals surface area contributed by atoms with Crippen molar-refractivity contribution >= 4 is 15.8 Å². The van der Waals surface area contributed by atoms with E-state index in [2.05, 4.69) is 11.8 Å². The van der Waals surface area contributed by atoms with Crippen LogP contribution in [0.25, 0.3) is 0 Å². The highest BCUT2D eigenvalue weighted by Gasteiger charge is 2.31. The largest absolute Gasteiger partial charge is 0.481 e. The molecule has 0 amide bonds. The normalized spacial score (nSPS) is 23.7. The number of hydrogen-bond donors (Lipinski definition) is 1. The molecule has 6 heteroatoms. The third-order valence-corrected chi connectivity index (χ3v) is 4.46. The lowest BCUT2D eigenvalue weighted by molar-refractivity contribution is -0.138. The molecule has 0 radical (unpaired) electrons. The molecule has 1 N–H and O–H groups in total. The van der Waals surface area contributed by atoms with Gasteiger partial charge in [0.15, 0.2) is 9.84 Å². The zero-order valence-electron chi connectivity index (χ0n) is 9.85. The van der Waals surface area contributed by atoms with Crippen LogP contribution < -0.4 is 0 Å². The summed E-state index contributed by atoms with van der Waals surface area (Å²) in [7, 11) is -3.08. The third kappa shape index (κ3) is 4.75. The molecular weight excluding hydrogens is 242 g/mol. The molecule has 0 saturated carbocycles. The first-order chi connectivity index (χ1) is 7.94. The van der Waals surface area contributed by atoms with Crippen LogP contribution in [0.5, 0.6) is 0 Å². The number of carboxylic acid groups (broad SMARTS) is 1. The topological polar surface area (TPSA) is 74.7 Å². The molecule has 1 aliphatic rings. The predicted octanol–water partition coefficient (Wildman–Crippen LogP) is -0.0265. The molecule has 0 aromatic rings. The van der Waals surface area contributed by atoms with Gasteiger partial charge in [0.05, 0.1) is 17.9 Å². The second kappa shape index (κ2) is 6.03. The lowest BCUT2D eigenvalue weighted by Crippen LogP contribution is -2.49. The van der Waals surface area contributed by atoms with E-state index in [0.717, 1.165) is 0 Å². The van der Waals surface area contributed by atoms with Gasteiger partial charge >= 0.3 is 5.97 Å². The number of nitrogens with zero attached hydrogens (tertiary/aromatic N) is 1. The highest BCUT2D eigenvalue weighted by Crippen LogP contribution is 2.15. The van der Waals surface area contributed by atoms with Gasteiger partial charge in [-0.25, -0.2) is 8.42 Å². The molecule has 5 nitrogen and oxygen atoms in total. The monoisotopic (exact) mass is 259 g/mol. The predicted molar refractivity (Wildman–Crippen MR) is 64.3 cm³/mol. The Labute approximate surface area is 102 Å². The van der Waals surface area contributed by atoms with E-state index < -0.39 is 21.8 Å². The Morgan fingerprint density at radius 2 is 2.24 bits per heavy atom. The molecule has 1 aliphatic heterocycles. The van der Waals surface area contributed by atoms with Gasteiger partial charge in [0.1, 0.15) is 0 Å². The van der Waals surface area contributed by atoms with Gasteiger partial charge < -0.3 is 5.11 Å². The molecule has 0 aliphatic carbocycles. The van der Waals surface area contributed by atoms with Crippen molar-refractivity contribution in [2.75, 3.05) is 24.6 Å². The molecule has 1 rings (SSSR count). The number of aliphatic carboxylic acids is 1. The maximum atomic E-state index is 11.5. The number of carboxylic acids is 1. The Balaban J connectivity index is 2.65. The molecule has 0 spiro atoms. The quantitative estimate of drug-likeness (QED) is 0.718. The van der Waals surface area contributed by atoms with Gasteiger partial charge in [0.2, 0.25) is 0 Å². The highest BCUT2D eigenvalue weighted by molar-refractivity contribution is 7.91. The molecule has 96 valence electrons. The first-order valence-electron chi connectivity index (χ1n) is 5.50. The van der Waals surface area contributed by atoms with Crippen LogP contribution in [0.2, 0.25) is 0 Å². The van der Waals surface area contributed by atoms with E-state index in [-0.39, 0.29) is 17.9 Å². The standard InChI is InChI=1S/C11H17NO4S/c1-2-3-4-5-12-6-7-17(15,16)9-10(12)8-11(13)14/h10H,4-9H2,1H3,(H,13,14). The van der Waals surface area contributed by atoms with Crippen molar-refractivity contribution in [2.45, 2.75) is 25.8 Å². The van der Waals surface area contributed by atoms with Gasteiger partial charge in [-0.1, -0.05) is 0 Å². The molecule has 1 saturated heterocycles. The Kier molecular flexibility index (Phi) is 4.97. The molecule has 0 bridgehead atoms. The van der Waals surface area contributed by atoms with Crippen LogP contribution in [-0.4, -0.2) is 55.0 Å². The Hall–Kier alpha value is -1.06. The van der Waals surface area contributed by atoms with E-state index in [1.54, 1.807) is 6.92 Å². The summed E-state index contributed by atoms with van der Waals surface area (Å²) in [4.78, 5) is 12.6. The zero-order valence-corrected chi connectivity index (χ0v) is 10.7. The number of rotatable bonds is 4. The summed E-state index contributed by atoms with van der Waals surface area (Å²) in [6.07, 6.45) is 0.519.